The van der Waals surface area contributed by atoms with Crippen LogP contribution < -0.4 is 4.90 Å². The molecule has 2 aromatic carbocycles. The van der Waals surface area contributed by atoms with Gasteiger partial charge in [0.25, 0.3) is 0 Å². The van der Waals surface area contributed by atoms with Crippen LogP contribution in [0, 0.1) is 6.92 Å². The van der Waals surface area contributed by atoms with Gasteiger partial charge in [-0.2, -0.15) is 0 Å². The van der Waals surface area contributed by atoms with Crippen LogP contribution in [0.4, 0.5) is 11.5 Å². The van der Waals surface area contributed by atoms with Gasteiger partial charge < -0.3 is 9.88 Å². The van der Waals surface area contributed by atoms with Gasteiger partial charge in [-0.05, 0) is 24.6 Å². The molecule has 3 heteroatoms. The summed E-state index contributed by atoms with van der Waals surface area (Å²) < 4.78 is 0. The third-order valence-electron chi connectivity index (χ3n) is 3.66. The molecular formula is C17H16N2O. The second-order valence-electron chi connectivity index (χ2n) is 4.90. The molecule has 0 amide bonds. The fraction of sp³-hybridized carbons (Fsp3) is 0.118. The summed E-state index contributed by atoms with van der Waals surface area (Å²) in [7, 11) is 1.97. The summed E-state index contributed by atoms with van der Waals surface area (Å²) in [6.07, 6.45) is 0.920. The van der Waals surface area contributed by atoms with E-state index in [1.165, 1.54) is 5.56 Å². The number of aryl methyl sites for hydroxylation is 1. The smallest absolute Gasteiger partial charge is 0.154 e. The summed E-state index contributed by atoms with van der Waals surface area (Å²) >= 11 is 0. The first-order valence-corrected chi connectivity index (χ1v) is 6.57. The number of aromatic amines is 1. The lowest BCUT2D eigenvalue weighted by Gasteiger charge is -2.20. The predicted molar refractivity (Wildman–Crippen MR) is 82.9 cm³/mol. The number of aromatic nitrogens is 1. The zero-order valence-corrected chi connectivity index (χ0v) is 11.6. The van der Waals surface area contributed by atoms with Crippen LogP contribution in [0.1, 0.15) is 15.9 Å². The van der Waals surface area contributed by atoms with E-state index >= 15 is 0 Å². The highest BCUT2D eigenvalue weighted by molar-refractivity contribution is 6.04. The van der Waals surface area contributed by atoms with Gasteiger partial charge >= 0.3 is 0 Å². The molecule has 1 heterocycles. The number of anilines is 2. The molecule has 0 aliphatic heterocycles. The summed E-state index contributed by atoms with van der Waals surface area (Å²) in [6.45, 7) is 2.06. The standard InChI is InChI=1S/C17H16N2O/c1-12-7-3-6-10-16(12)19(2)17-14(11-20)13-8-4-5-9-15(13)18-17/h3-11,18H,1-2H3. The van der Waals surface area contributed by atoms with Crippen LogP contribution >= 0.6 is 0 Å². The Balaban J connectivity index is 2.19. The fourth-order valence-corrected chi connectivity index (χ4v) is 2.59. The molecule has 0 aliphatic carbocycles. The van der Waals surface area contributed by atoms with Gasteiger partial charge in [-0.15, -0.1) is 0 Å². The van der Waals surface area contributed by atoms with Gasteiger partial charge in [0, 0.05) is 23.6 Å². The van der Waals surface area contributed by atoms with Crippen molar-refractivity contribution in [2.45, 2.75) is 6.92 Å². The minimum Gasteiger partial charge on any atom is -0.341 e. The Bertz CT molecular complexity index is 774. The van der Waals surface area contributed by atoms with E-state index < -0.39 is 0 Å². The van der Waals surface area contributed by atoms with Crippen LogP contribution in [0.3, 0.4) is 0 Å². The minimum atomic E-state index is 0.700. The van der Waals surface area contributed by atoms with Crippen LogP contribution in [0.25, 0.3) is 10.9 Å². The fourth-order valence-electron chi connectivity index (χ4n) is 2.59. The van der Waals surface area contributed by atoms with Gasteiger partial charge in [0.05, 0.1) is 5.56 Å². The number of H-pyrrole nitrogens is 1. The van der Waals surface area contributed by atoms with E-state index in [0.29, 0.717) is 5.56 Å². The largest absolute Gasteiger partial charge is 0.341 e. The maximum absolute atomic E-state index is 11.5. The topological polar surface area (TPSA) is 36.1 Å². The first-order valence-electron chi connectivity index (χ1n) is 6.57. The van der Waals surface area contributed by atoms with E-state index in [4.69, 9.17) is 0 Å². The lowest BCUT2D eigenvalue weighted by Crippen LogP contribution is -2.12. The normalized spacial score (nSPS) is 10.7. The molecule has 0 aliphatic rings. The molecule has 20 heavy (non-hydrogen) atoms. The third-order valence-corrected chi connectivity index (χ3v) is 3.66. The SMILES string of the molecule is Cc1ccccc1N(C)c1[nH]c2ccccc2c1C=O. The molecule has 1 N–H and O–H groups in total. The number of fused-ring (bicyclic) bond motifs is 1. The molecule has 3 nitrogen and oxygen atoms in total. The number of aldehydes is 1. The van der Waals surface area contributed by atoms with Crippen molar-refractivity contribution in [3.05, 3.63) is 59.7 Å². The van der Waals surface area contributed by atoms with E-state index in [1.54, 1.807) is 0 Å². The quantitative estimate of drug-likeness (QED) is 0.724. The van der Waals surface area contributed by atoms with Crippen molar-refractivity contribution in [1.82, 2.24) is 4.98 Å². The molecule has 100 valence electrons. The molecule has 1 aromatic heterocycles. The molecule has 0 fully saturated rings. The number of carbonyl (C=O) groups is 1. The first-order chi connectivity index (χ1) is 9.72. The number of carbonyl (C=O) groups excluding carboxylic acids is 1. The monoisotopic (exact) mass is 264 g/mol. The maximum atomic E-state index is 11.5. The molecule has 3 aromatic rings. The van der Waals surface area contributed by atoms with Gasteiger partial charge in [-0.3, -0.25) is 4.79 Å². The molecule has 3 rings (SSSR count). The summed E-state index contributed by atoms with van der Waals surface area (Å²) in [6, 6.07) is 16.0. The van der Waals surface area contributed by atoms with Crippen LogP contribution in [-0.4, -0.2) is 18.3 Å². The Morgan fingerprint density at radius 3 is 2.50 bits per heavy atom. The molecule has 0 bridgehead atoms. The number of para-hydroxylation sites is 2. The molecule has 0 saturated carbocycles. The number of hydrogen-bond acceptors (Lipinski definition) is 2. The zero-order chi connectivity index (χ0) is 14.1. The summed E-state index contributed by atoms with van der Waals surface area (Å²) in [5.74, 6) is 0.829. The number of nitrogens with one attached hydrogen (secondary N) is 1. The van der Waals surface area contributed by atoms with E-state index in [0.717, 1.165) is 28.7 Å². The second kappa shape index (κ2) is 4.85. The average molecular weight is 264 g/mol. The van der Waals surface area contributed by atoms with Gasteiger partial charge in [-0.25, -0.2) is 0 Å². The van der Waals surface area contributed by atoms with Crippen molar-refractivity contribution >= 4 is 28.7 Å². The molecule has 0 unspecified atom stereocenters. The van der Waals surface area contributed by atoms with Crippen LogP contribution in [0.5, 0.6) is 0 Å². The Kier molecular flexibility index (Phi) is 3.03. The van der Waals surface area contributed by atoms with Gasteiger partial charge in [0.2, 0.25) is 0 Å². The maximum Gasteiger partial charge on any atom is 0.154 e. The second-order valence-corrected chi connectivity index (χ2v) is 4.90. The number of rotatable bonds is 3. The van der Waals surface area contributed by atoms with Crippen molar-refractivity contribution in [2.24, 2.45) is 0 Å². The molecule has 0 atom stereocenters. The van der Waals surface area contributed by atoms with Crippen LogP contribution in [0.2, 0.25) is 0 Å². The lowest BCUT2D eigenvalue weighted by atomic mass is 10.1. The van der Waals surface area contributed by atoms with Crippen molar-refractivity contribution in [3.8, 4) is 0 Å². The van der Waals surface area contributed by atoms with Gasteiger partial charge in [0.1, 0.15) is 5.82 Å². The number of nitrogens with zero attached hydrogens (tertiary/aromatic N) is 1. The third kappa shape index (κ3) is 1.88. The van der Waals surface area contributed by atoms with E-state index in [1.807, 2.05) is 48.3 Å². The molecular weight excluding hydrogens is 248 g/mol. The minimum absolute atomic E-state index is 0.700. The van der Waals surface area contributed by atoms with E-state index in [2.05, 4.69) is 24.0 Å². The lowest BCUT2D eigenvalue weighted by molar-refractivity contribution is 0.112. The molecule has 0 spiro atoms. The van der Waals surface area contributed by atoms with Crippen molar-refractivity contribution in [3.63, 3.8) is 0 Å². The predicted octanol–water partition coefficient (Wildman–Crippen LogP) is 4.06. The van der Waals surface area contributed by atoms with Gasteiger partial charge in [-0.1, -0.05) is 36.4 Å². The average Bonchev–Trinajstić information content (AvgIpc) is 2.85. The Morgan fingerprint density at radius 2 is 1.75 bits per heavy atom. The number of hydrogen-bond donors (Lipinski definition) is 1. The highest BCUT2D eigenvalue weighted by Crippen LogP contribution is 2.32. The van der Waals surface area contributed by atoms with Crippen LogP contribution in [-0.2, 0) is 0 Å². The van der Waals surface area contributed by atoms with Crippen molar-refractivity contribution < 1.29 is 4.79 Å². The van der Waals surface area contributed by atoms with E-state index in [-0.39, 0.29) is 0 Å². The first kappa shape index (κ1) is 12.5. The molecule has 0 saturated heterocycles. The van der Waals surface area contributed by atoms with Crippen molar-refractivity contribution in [1.29, 1.82) is 0 Å². The van der Waals surface area contributed by atoms with Crippen LogP contribution in [0.15, 0.2) is 48.5 Å². The van der Waals surface area contributed by atoms with Gasteiger partial charge in [0.15, 0.2) is 6.29 Å². The number of benzene rings is 2. The van der Waals surface area contributed by atoms with E-state index in [9.17, 15) is 4.79 Å². The molecule has 0 radical (unpaired) electrons. The Hall–Kier alpha value is -2.55. The highest BCUT2D eigenvalue weighted by atomic mass is 16.1. The van der Waals surface area contributed by atoms with Crippen molar-refractivity contribution in [2.75, 3.05) is 11.9 Å². The summed E-state index contributed by atoms with van der Waals surface area (Å²) in [5.41, 5.74) is 3.93. The summed E-state index contributed by atoms with van der Waals surface area (Å²) in [4.78, 5) is 16.8. The Labute approximate surface area is 117 Å². The zero-order valence-electron chi connectivity index (χ0n) is 11.6. The Morgan fingerprint density at radius 1 is 1.05 bits per heavy atom. The summed E-state index contributed by atoms with van der Waals surface area (Å²) in [5, 5.41) is 0.956. The highest BCUT2D eigenvalue weighted by Gasteiger charge is 2.16.